The number of carbonyl (C=O) groups excluding carboxylic acids is 1. The number of H-pyrrole nitrogens is 1. The third kappa shape index (κ3) is 2.40. The number of ether oxygens (including phenoxy) is 1. The van der Waals surface area contributed by atoms with E-state index >= 15 is 0 Å². The first-order chi connectivity index (χ1) is 8.17. The van der Waals surface area contributed by atoms with Gasteiger partial charge in [0.15, 0.2) is 0 Å². The first-order valence-corrected chi connectivity index (χ1v) is 6.10. The molecule has 0 bridgehead atoms. The number of aryl methyl sites for hydroxylation is 1. The lowest BCUT2D eigenvalue weighted by Gasteiger charge is -2.08. The smallest absolute Gasteiger partial charge is 0.343 e. The largest absolute Gasteiger partial charge is 0.462 e. The Morgan fingerprint density at radius 2 is 2.18 bits per heavy atom. The molecule has 0 radical (unpaired) electrons. The Balaban J connectivity index is 2.42. The summed E-state index contributed by atoms with van der Waals surface area (Å²) in [5.41, 5.74) is 1.84. The van der Waals surface area contributed by atoms with Gasteiger partial charge < -0.3 is 9.72 Å². The molecule has 0 unspecified atom stereocenters. The van der Waals surface area contributed by atoms with Crippen LogP contribution in [-0.2, 0) is 11.2 Å². The second-order valence-corrected chi connectivity index (χ2v) is 4.29. The number of hydrogen-bond acceptors (Lipinski definition) is 3. The minimum absolute atomic E-state index is 0.131. The van der Waals surface area contributed by atoms with E-state index in [9.17, 15) is 9.59 Å². The van der Waals surface area contributed by atoms with E-state index < -0.39 is 5.97 Å². The van der Waals surface area contributed by atoms with Crippen molar-refractivity contribution < 1.29 is 9.53 Å². The molecule has 92 valence electrons. The molecule has 4 nitrogen and oxygen atoms in total. The van der Waals surface area contributed by atoms with E-state index in [1.54, 1.807) is 13.0 Å². The number of hydrogen-bond donors (Lipinski definition) is 1. The van der Waals surface area contributed by atoms with Gasteiger partial charge in [0.05, 0.1) is 6.61 Å². The van der Waals surface area contributed by atoms with Crippen molar-refractivity contribution in [1.29, 1.82) is 0 Å². The maximum Gasteiger partial charge on any atom is 0.343 e. The maximum atomic E-state index is 11.8. The lowest BCUT2D eigenvalue weighted by Crippen LogP contribution is -2.22. The van der Waals surface area contributed by atoms with Crippen LogP contribution in [0, 0.1) is 0 Å². The van der Waals surface area contributed by atoms with Crippen LogP contribution in [0.4, 0.5) is 0 Å². The first kappa shape index (κ1) is 11.9. The minimum Gasteiger partial charge on any atom is -0.462 e. The monoisotopic (exact) mass is 235 g/mol. The Labute approximate surface area is 100 Å². The number of aromatic nitrogens is 1. The molecular weight excluding hydrogens is 218 g/mol. The number of pyridine rings is 1. The summed E-state index contributed by atoms with van der Waals surface area (Å²) in [4.78, 5) is 26.2. The lowest BCUT2D eigenvalue weighted by molar-refractivity contribution is 0.0524. The fraction of sp³-hybridized carbons (Fsp3) is 0.538. The Morgan fingerprint density at radius 3 is 2.71 bits per heavy atom. The molecule has 1 aliphatic carbocycles. The molecule has 0 amide bonds. The summed E-state index contributed by atoms with van der Waals surface area (Å²) in [6, 6.07) is 1.72. The van der Waals surface area contributed by atoms with Crippen molar-refractivity contribution in [1.82, 2.24) is 4.98 Å². The second kappa shape index (κ2) is 4.73. The van der Waals surface area contributed by atoms with Crippen LogP contribution in [0.3, 0.4) is 0 Å². The Kier molecular flexibility index (Phi) is 3.31. The number of carbonyl (C=O) groups is 1. The molecule has 0 aliphatic heterocycles. The van der Waals surface area contributed by atoms with Crippen LogP contribution >= 0.6 is 0 Å². The van der Waals surface area contributed by atoms with Gasteiger partial charge in [-0.1, -0.05) is 6.92 Å². The highest BCUT2D eigenvalue weighted by atomic mass is 16.5. The van der Waals surface area contributed by atoms with Crippen LogP contribution in [0.25, 0.3) is 0 Å². The van der Waals surface area contributed by atoms with Gasteiger partial charge in [-0.15, -0.1) is 0 Å². The van der Waals surface area contributed by atoms with Crippen LogP contribution in [0.5, 0.6) is 0 Å². The SMILES string of the molecule is CCOC(=O)c1cc(C2CC2)c(CC)[nH]c1=O. The topological polar surface area (TPSA) is 59.2 Å². The molecular formula is C13H17NO3. The molecule has 0 aromatic carbocycles. The quantitative estimate of drug-likeness (QED) is 0.812. The zero-order chi connectivity index (χ0) is 12.4. The molecule has 2 rings (SSSR count). The number of rotatable bonds is 4. The highest BCUT2D eigenvalue weighted by molar-refractivity contribution is 5.89. The first-order valence-electron chi connectivity index (χ1n) is 6.10. The maximum absolute atomic E-state index is 11.8. The molecule has 0 spiro atoms. The predicted molar refractivity (Wildman–Crippen MR) is 64.4 cm³/mol. The van der Waals surface area contributed by atoms with E-state index in [0.29, 0.717) is 5.92 Å². The highest BCUT2D eigenvalue weighted by Gasteiger charge is 2.28. The second-order valence-electron chi connectivity index (χ2n) is 4.29. The van der Waals surface area contributed by atoms with Gasteiger partial charge in [-0.05, 0) is 43.7 Å². The van der Waals surface area contributed by atoms with Crippen LogP contribution < -0.4 is 5.56 Å². The van der Waals surface area contributed by atoms with E-state index in [-0.39, 0.29) is 17.7 Å². The van der Waals surface area contributed by atoms with E-state index in [1.807, 2.05) is 6.92 Å². The molecule has 1 saturated carbocycles. The molecule has 0 atom stereocenters. The summed E-state index contributed by atoms with van der Waals surface area (Å²) in [5, 5.41) is 0. The van der Waals surface area contributed by atoms with E-state index in [4.69, 9.17) is 4.74 Å². The van der Waals surface area contributed by atoms with Crippen molar-refractivity contribution in [3.05, 3.63) is 33.2 Å². The van der Waals surface area contributed by atoms with E-state index in [1.165, 1.54) is 0 Å². The van der Waals surface area contributed by atoms with Crippen LogP contribution in [0.2, 0.25) is 0 Å². The third-order valence-corrected chi connectivity index (χ3v) is 3.02. The van der Waals surface area contributed by atoms with Crippen molar-refractivity contribution in [3.63, 3.8) is 0 Å². The van der Waals surface area contributed by atoms with Crippen molar-refractivity contribution in [2.24, 2.45) is 0 Å². The Morgan fingerprint density at radius 1 is 1.47 bits per heavy atom. The molecule has 1 aromatic rings. The zero-order valence-electron chi connectivity index (χ0n) is 10.2. The average molecular weight is 235 g/mol. The van der Waals surface area contributed by atoms with Gasteiger partial charge >= 0.3 is 5.97 Å². The number of aromatic amines is 1. The Bertz CT molecular complexity index is 486. The summed E-state index contributed by atoms with van der Waals surface area (Å²) in [5.74, 6) is -0.0201. The standard InChI is InChI=1S/C13H17NO3/c1-3-11-9(8-5-6-8)7-10(12(15)14-11)13(16)17-4-2/h7-8H,3-6H2,1-2H3,(H,14,15). The molecule has 1 heterocycles. The van der Waals surface area contributed by atoms with Crippen molar-refractivity contribution in [2.75, 3.05) is 6.61 Å². The van der Waals surface area contributed by atoms with Gasteiger partial charge in [-0.3, -0.25) is 4.79 Å². The van der Waals surface area contributed by atoms with E-state index in [2.05, 4.69) is 4.98 Å². The van der Waals surface area contributed by atoms with Gasteiger partial charge in [0.25, 0.3) is 5.56 Å². The van der Waals surface area contributed by atoms with Gasteiger partial charge in [0.2, 0.25) is 0 Å². The fourth-order valence-electron chi connectivity index (χ4n) is 2.00. The van der Waals surface area contributed by atoms with Gasteiger partial charge in [0, 0.05) is 5.69 Å². The van der Waals surface area contributed by atoms with E-state index in [0.717, 1.165) is 30.5 Å². The van der Waals surface area contributed by atoms with Gasteiger partial charge in [0.1, 0.15) is 5.56 Å². The van der Waals surface area contributed by atoms with Crippen molar-refractivity contribution >= 4 is 5.97 Å². The third-order valence-electron chi connectivity index (χ3n) is 3.02. The lowest BCUT2D eigenvalue weighted by atomic mass is 10.0. The summed E-state index contributed by atoms with van der Waals surface area (Å²) in [6.45, 7) is 4.02. The Hall–Kier alpha value is -1.58. The van der Waals surface area contributed by atoms with Crippen molar-refractivity contribution in [3.8, 4) is 0 Å². The molecule has 0 saturated heterocycles. The molecule has 4 heteroatoms. The number of nitrogens with one attached hydrogen (secondary N) is 1. The fourth-order valence-corrected chi connectivity index (χ4v) is 2.00. The predicted octanol–water partition coefficient (Wildman–Crippen LogP) is 1.99. The summed E-state index contributed by atoms with van der Waals surface area (Å²) in [7, 11) is 0. The molecule has 1 aromatic heterocycles. The average Bonchev–Trinajstić information content (AvgIpc) is 3.12. The normalized spacial score (nSPS) is 14.7. The molecule has 1 N–H and O–H groups in total. The summed E-state index contributed by atoms with van der Waals surface area (Å²) in [6.07, 6.45) is 3.06. The van der Waals surface area contributed by atoms with Crippen LogP contribution in [-0.4, -0.2) is 17.6 Å². The molecule has 1 aliphatic rings. The summed E-state index contributed by atoms with van der Waals surface area (Å²) < 4.78 is 4.88. The van der Waals surface area contributed by atoms with Gasteiger partial charge in [-0.2, -0.15) is 0 Å². The number of esters is 1. The van der Waals surface area contributed by atoms with Gasteiger partial charge in [-0.25, -0.2) is 4.79 Å². The van der Waals surface area contributed by atoms with Crippen molar-refractivity contribution in [2.45, 2.75) is 39.0 Å². The van der Waals surface area contributed by atoms with Crippen LogP contribution in [0.15, 0.2) is 10.9 Å². The minimum atomic E-state index is -0.529. The molecule has 17 heavy (non-hydrogen) atoms. The summed E-state index contributed by atoms with van der Waals surface area (Å²) >= 11 is 0. The molecule has 1 fully saturated rings. The van der Waals surface area contributed by atoms with Crippen LogP contribution in [0.1, 0.15) is 54.2 Å². The zero-order valence-corrected chi connectivity index (χ0v) is 10.2. The highest BCUT2D eigenvalue weighted by Crippen LogP contribution is 2.41.